The number of allylic oxidation sites excluding steroid dienone is 4. The summed E-state index contributed by atoms with van der Waals surface area (Å²) in [6.45, 7) is 2.12. The summed E-state index contributed by atoms with van der Waals surface area (Å²) >= 11 is 0. The Morgan fingerprint density at radius 3 is 2.72 bits per heavy atom. The molecule has 0 saturated carbocycles. The maximum Gasteiger partial charge on any atom is 0.0991 e. The molecule has 0 amide bonds. The first-order valence-electron chi connectivity index (χ1n) is 6.11. The standard InChI is InChI=1S/C16H16N2/c1-12-6-3-4-9-15(12)16(18-2)14-8-5-7-13(10-14)11-17/h5-10H,3-4H2,1-2H3/b18-16-. The minimum atomic E-state index is 0.673. The Bertz CT molecular complexity index is 583. The molecule has 2 heteroatoms. The van der Waals surface area contributed by atoms with Crippen molar-refractivity contribution in [1.29, 1.82) is 5.26 Å². The van der Waals surface area contributed by atoms with Crippen molar-refractivity contribution >= 4 is 5.71 Å². The van der Waals surface area contributed by atoms with E-state index in [0.717, 1.165) is 24.1 Å². The van der Waals surface area contributed by atoms with Gasteiger partial charge >= 0.3 is 0 Å². The molecule has 90 valence electrons. The van der Waals surface area contributed by atoms with Crippen LogP contribution < -0.4 is 0 Å². The summed E-state index contributed by atoms with van der Waals surface area (Å²) < 4.78 is 0. The van der Waals surface area contributed by atoms with Crippen molar-refractivity contribution < 1.29 is 0 Å². The molecule has 0 atom stereocenters. The Labute approximate surface area is 108 Å². The van der Waals surface area contributed by atoms with Crippen LogP contribution in [-0.2, 0) is 0 Å². The van der Waals surface area contributed by atoms with Crippen LogP contribution in [0.25, 0.3) is 0 Å². The van der Waals surface area contributed by atoms with Crippen LogP contribution in [-0.4, -0.2) is 12.8 Å². The lowest BCUT2D eigenvalue weighted by molar-refractivity contribution is 1.01. The lowest BCUT2D eigenvalue weighted by Crippen LogP contribution is -2.08. The van der Waals surface area contributed by atoms with Crippen LogP contribution in [0, 0.1) is 11.3 Å². The van der Waals surface area contributed by atoms with E-state index in [-0.39, 0.29) is 0 Å². The fourth-order valence-corrected chi connectivity index (χ4v) is 2.22. The topological polar surface area (TPSA) is 36.1 Å². The van der Waals surface area contributed by atoms with Gasteiger partial charge in [-0.15, -0.1) is 0 Å². The second-order valence-electron chi connectivity index (χ2n) is 4.35. The number of hydrogen-bond donors (Lipinski definition) is 0. The number of nitrogens with zero attached hydrogens (tertiary/aromatic N) is 2. The summed E-state index contributed by atoms with van der Waals surface area (Å²) in [5.41, 5.74) is 5.12. The summed E-state index contributed by atoms with van der Waals surface area (Å²) in [7, 11) is 1.80. The summed E-state index contributed by atoms with van der Waals surface area (Å²) in [5.74, 6) is 0. The largest absolute Gasteiger partial charge is 0.287 e. The highest BCUT2D eigenvalue weighted by molar-refractivity contribution is 6.15. The van der Waals surface area contributed by atoms with Gasteiger partial charge in [-0.05, 0) is 43.0 Å². The van der Waals surface area contributed by atoms with Crippen LogP contribution in [0.15, 0.2) is 52.6 Å². The fourth-order valence-electron chi connectivity index (χ4n) is 2.22. The molecular formula is C16H16N2. The number of hydrogen-bond acceptors (Lipinski definition) is 2. The van der Waals surface area contributed by atoms with E-state index in [9.17, 15) is 0 Å². The van der Waals surface area contributed by atoms with Gasteiger partial charge in [0.15, 0.2) is 0 Å². The molecule has 1 aromatic rings. The molecular weight excluding hydrogens is 220 g/mol. The third kappa shape index (κ3) is 2.41. The maximum absolute atomic E-state index is 8.96. The van der Waals surface area contributed by atoms with E-state index >= 15 is 0 Å². The second kappa shape index (κ2) is 5.46. The highest BCUT2D eigenvalue weighted by atomic mass is 14.7. The predicted molar refractivity (Wildman–Crippen MR) is 74.7 cm³/mol. The Morgan fingerprint density at radius 1 is 1.28 bits per heavy atom. The van der Waals surface area contributed by atoms with Gasteiger partial charge in [-0.3, -0.25) is 4.99 Å². The average Bonchev–Trinajstić information content (AvgIpc) is 2.42. The summed E-state index contributed by atoms with van der Waals surface area (Å²) in [4.78, 5) is 4.41. The van der Waals surface area contributed by atoms with Crippen molar-refractivity contribution in [3.05, 3.63) is 58.7 Å². The van der Waals surface area contributed by atoms with Crippen molar-refractivity contribution in [2.75, 3.05) is 7.05 Å². The molecule has 0 spiro atoms. The van der Waals surface area contributed by atoms with Gasteiger partial charge in [0.1, 0.15) is 0 Å². The molecule has 0 unspecified atom stereocenters. The Morgan fingerprint density at radius 2 is 2.06 bits per heavy atom. The van der Waals surface area contributed by atoms with Gasteiger partial charge in [0, 0.05) is 12.6 Å². The van der Waals surface area contributed by atoms with E-state index in [2.05, 4.69) is 30.1 Å². The summed E-state index contributed by atoms with van der Waals surface area (Å²) in [6.07, 6.45) is 6.64. The third-order valence-electron chi connectivity index (χ3n) is 3.13. The number of benzene rings is 1. The molecule has 1 aliphatic carbocycles. The van der Waals surface area contributed by atoms with E-state index in [1.807, 2.05) is 24.3 Å². The van der Waals surface area contributed by atoms with Gasteiger partial charge in [0.25, 0.3) is 0 Å². The van der Waals surface area contributed by atoms with Crippen LogP contribution in [0.4, 0.5) is 0 Å². The number of aliphatic imine (C=N–C) groups is 1. The van der Waals surface area contributed by atoms with Crippen molar-refractivity contribution in [3.63, 3.8) is 0 Å². The van der Waals surface area contributed by atoms with Crippen LogP contribution in [0.5, 0.6) is 0 Å². The second-order valence-corrected chi connectivity index (χ2v) is 4.35. The highest BCUT2D eigenvalue weighted by Gasteiger charge is 2.13. The van der Waals surface area contributed by atoms with E-state index in [1.54, 1.807) is 7.05 Å². The Hall–Kier alpha value is -2.14. The van der Waals surface area contributed by atoms with Gasteiger partial charge in [-0.1, -0.05) is 24.3 Å². The zero-order chi connectivity index (χ0) is 13.0. The third-order valence-corrected chi connectivity index (χ3v) is 3.13. The van der Waals surface area contributed by atoms with Crippen LogP contribution in [0.1, 0.15) is 30.9 Å². The molecule has 2 rings (SSSR count). The van der Waals surface area contributed by atoms with Crippen molar-refractivity contribution in [2.24, 2.45) is 4.99 Å². The minimum Gasteiger partial charge on any atom is -0.287 e. The van der Waals surface area contributed by atoms with Crippen LogP contribution in [0.3, 0.4) is 0 Å². The van der Waals surface area contributed by atoms with E-state index in [4.69, 9.17) is 5.26 Å². The molecule has 0 saturated heterocycles. The van der Waals surface area contributed by atoms with Crippen LogP contribution >= 0.6 is 0 Å². The molecule has 0 aromatic heterocycles. The SMILES string of the molecule is C/N=C(\C1=CCCC=C1C)c1cccc(C#N)c1. The molecule has 1 aromatic carbocycles. The average molecular weight is 236 g/mol. The maximum atomic E-state index is 8.96. The van der Waals surface area contributed by atoms with Crippen molar-refractivity contribution in [2.45, 2.75) is 19.8 Å². The Balaban J connectivity index is 2.44. The molecule has 0 bridgehead atoms. The van der Waals surface area contributed by atoms with Gasteiger partial charge in [-0.2, -0.15) is 5.26 Å². The first-order chi connectivity index (χ1) is 8.76. The minimum absolute atomic E-state index is 0.673. The fraction of sp³-hybridized carbons (Fsp3) is 0.250. The zero-order valence-electron chi connectivity index (χ0n) is 10.8. The molecule has 0 heterocycles. The van der Waals surface area contributed by atoms with Gasteiger partial charge in [-0.25, -0.2) is 0 Å². The molecule has 0 radical (unpaired) electrons. The molecule has 18 heavy (non-hydrogen) atoms. The van der Waals surface area contributed by atoms with Crippen LogP contribution in [0.2, 0.25) is 0 Å². The van der Waals surface area contributed by atoms with Gasteiger partial charge < -0.3 is 0 Å². The first kappa shape index (κ1) is 12.3. The zero-order valence-corrected chi connectivity index (χ0v) is 10.8. The number of rotatable bonds is 2. The predicted octanol–water partition coefficient (Wildman–Crippen LogP) is 3.64. The quantitative estimate of drug-likeness (QED) is 0.722. The molecule has 0 fully saturated rings. The highest BCUT2D eigenvalue weighted by Crippen LogP contribution is 2.23. The smallest absolute Gasteiger partial charge is 0.0991 e. The van der Waals surface area contributed by atoms with E-state index in [0.29, 0.717) is 5.56 Å². The Kier molecular flexibility index (Phi) is 3.74. The normalized spacial score (nSPS) is 15.7. The number of nitriles is 1. The molecule has 2 nitrogen and oxygen atoms in total. The lowest BCUT2D eigenvalue weighted by Gasteiger charge is -2.15. The van der Waals surface area contributed by atoms with E-state index < -0.39 is 0 Å². The summed E-state index contributed by atoms with van der Waals surface area (Å²) in [6, 6.07) is 9.79. The van der Waals surface area contributed by atoms with Crippen molar-refractivity contribution in [1.82, 2.24) is 0 Å². The molecule has 0 N–H and O–H groups in total. The van der Waals surface area contributed by atoms with Crippen molar-refractivity contribution in [3.8, 4) is 6.07 Å². The molecule has 0 aliphatic heterocycles. The van der Waals surface area contributed by atoms with Gasteiger partial charge in [0.2, 0.25) is 0 Å². The van der Waals surface area contributed by atoms with Gasteiger partial charge in [0.05, 0.1) is 17.3 Å². The monoisotopic (exact) mass is 236 g/mol. The summed E-state index contributed by atoms with van der Waals surface area (Å²) in [5, 5.41) is 8.96. The van der Waals surface area contributed by atoms with E-state index in [1.165, 1.54) is 11.1 Å². The molecule has 1 aliphatic rings. The lowest BCUT2D eigenvalue weighted by atomic mass is 9.91. The first-order valence-corrected chi connectivity index (χ1v) is 6.11.